The molecule has 0 aliphatic rings. The first-order chi connectivity index (χ1) is 10.4. The van der Waals surface area contributed by atoms with Crippen LogP contribution in [0, 0.1) is 6.58 Å². The molecule has 0 aliphatic carbocycles. The summed E-state index contributed by atoms with van der Waals surface area (Å²) in [6, 6.07) is 23.1. The molecule has 0 saturated carbocycles. The molecule has 21 heavy (non-hydrogen) atoms. The lowest BCUT2D eigenvalue weighted by molar-refractivity contribution is 1.53. The molecule has 0 amide bonds. The van der Waals surface area contributed by atoms with Gasteiger partial charge in [0.2, 0.25) is 0 Å². The van der Waals surface area contributed by atoms with E-state index >= 15 is 0 Å². The number of nitrogens with one attached hydrogen (secondary N) is 1. The first kappa shape index (κ1) is 12.0. The van der Waals surface area contributed by atoms with Gasteiger partial charge in [-0.1, -0.05) is 73.3 Å². The standard InChI is InChI=1S/C20H14N/c1-2-14-10-12-15(13-11-14)16-7-5-8-18-17-6-3-4-9-19(17)21-20(16)18/h1-13,21H. The highest BCUT2D eigenvalue weighted by Crippen LogP contribution is 2.33. The summed E-state index contributed by atoms with van der Waals surface area (Å²) in [5.74, 6) is 0. The average molecular weight is 268 g/mol. The van der Waals surface area contributed by atoms with Gasteiger partial charge in [0.25, 0.3) is 0 Å². The predicted octanol–water partition coefficient (Wildman–Crippen LogP) is 5.43. The molecule has 3 aromatic carbocycles. The average Bonchev–Trinajstić information content (AvgIpc) is 2.94. The number of rotatable bonds is 2. The lowest BCUT2D eigenvalue weighted by Crippen LogP contribution is -1.81. The van der Waals surface area contributed by atoms with Gasteiger partial charge in [-0.05, 0) is 17.2 Å². The molecule has 0 unspecified atom stereocenters. The largest absolute Gasteiger partial charge is 0.354 e. The summed E-state index contributed by atoms with van der Waals surface area (Å²) in [5.41, 5.74) is 5.79. The molecule has 1 N–H and O–H groups in total. The summed E-state index contributed by atoms with van der Waals surface area (Å²) in [4.78, 5) is 3.54. The molecule has 0 fully saturated rings. The van der Waals surface area contributed by atoms with Crippen LogP contribution in [0.25, 0.3) is 39.0 Å². The van der Waals surface area contributed by atoms with Crippen LogP contribution in [0.3, 0.4) is 0 Å². The minimum atomic E-state index is 1.03. The molecule has 1 heteroatoms. The van der Waals surface area contributed by atoms with Gasteiger partial charge >= 0.3 is 0 Å². The van der Waals surface area contributed by atoms with Crippen LogP contribution in [0.4, 0.5) is 0 Å². The minimum absolute atomic E-state index is 1.03. The molecule has 99 valence electrons. The Morgan fingerprint density at radius 2 is 1.52 bits per heavy atom. The van der Waals surface area contributed by atoms with Crippen LogP contribution in [0.2, 0.25) is 0 Å². The van der Waals surface area contributed by atoms with Crippen LogP contribution in [-0.4, -0.2) is 4.98 Å². The van der Waals surface area contributed by atoms with Crippen LogP contribution < -0.4 is 0 Å². The molecule has 1 heterocycles. The third kappa shape index (κ3) is 1.86. The molecular weight excluding hydrogens is 254 g/mol. The van der Waals surface area contributed by atoms with E-state index in [-0.39, 0.29) is 0 Å². The number of aromatic amines is 1. The Kier molecular flexibility index (Phi) is 2.65. The van der Waals surface area contributed by atoms with Gasteiger partial charge in [0.1, 0.15) is 0 Å². The Hall–Kier alpha value is -2.80. The summed E-state index contributed by atoms with van der Waals surface area (Å²) in [6.07, 6.45) is 1.62. The van der Waals surface area contributed by atoms with Crippen LogP contribution in [0.5, 0.6) is 0 Å². The number of benzene rings is 3. The molecular formula is C20H14N. The van der Waals surface area contributed by atoms with Crippen molar-refractivity contribution in [1.29, 1.82) is 0 Å². The number of fused-ring (bicyclic) bond motifs is 3. The molecule has 1 nitrogen and oxygen atoms in total. The van der Waals surface area contributed by atoms with Gasteiger partial charge in [0, 0.05) is 21.9 Å². The first-order valence-corrected chi connectivity index (χ1v) is 7.01. The predicted molar refractivity (Wildman–Crippen MR) is 90.0 cm³/mol. The summed E-state index contributed by atoms with van der Waals surface area (Å²) >= 11 is 0. The van der Waals surface area contributed by atoms with Crippen molar-refractivity contribution in [3.63, 3.8) is 0 Å². The SMILES string of the molecule is [CH]=Cc1ccc(-c2cccc3c2[nH]c2ccccc23)cc1. The van der Waals surface area contributed by atoms with Gasteiger partial charge in [0.05, 0.1) is 5.52 Å². The molecule has 4 rings (SSSR count). The highest BCUT2D eigenvalue weighted by Gasteiger charge is 2.08. The van der Waals surface area contributed by atoms with E-state index in [4.69, 9.17) is 6.58 Å². The monoisotopic (exact) mass is 268 g/mol. The fourth-order valence-corrected chi connectivity index (χ4v) is 2.89. The second-order valence-electron chi connectivity index (χ2n) is 5.19. The second kappa shape index (κ2) is 4.64. The van der Waals surface area contributed by atoms with Crippen molar-refractivity contribution in [3.8, 4) is 11.1 Å². The van der Waals surface area contributed by atoms with E-state index in [1.54, 1.807) is 6.08 Å². The fourth-order valence-electron chi connectivity index (χ4n) is 2.89. The molecule has 0 atom stereocenters. The van der Waals surface area contributed by atoms with Gasteiger partial charge in [-0.2, -0.15) is 0 Å². The fraction of sp³-hybridized carbons (Fsp3) is 0. The van der Waals surface area contributed by atoms with Crippen LogP contribution in [0.1, 0.15) is 5.56 Å². The highest BCUT2D eigenvalue weighted by atomic mass is 14.7. The molecule has 0 bridgehead atoms. The van der Waals surface area contributed by atoms with Gasteiger partial charge in [-0.3, -0.25) is 0 Å². The highest BCUT2D eigenvalue weighted by molar-refractivity contribution is 6.11. The number of H-pyrrole nitrogens is 1. The Balaban J connectivity index is 2.01. The van der Waals surface area contributed by atoms with Gasteiger partial charge in [-0.15, -0.1) is 0 Å². The van der Waals surface area contributed by atoms with Crippen molar-refractivity contribution in [1.82, 2.24) is 4.98 Å². The summed E-state index contributed by atoms with van der Waals surface area (Å²) in [7, 11) is 0. The smallest absolute Gasteiger partial charge is 0.0544 e. The van der Waals surface area contributed by atoms with E-state index in [0.717, 1.165) is 5.56 Å². The van der Waals surface area contributed by atoms with Crippen LogP contribution in [0.15, 0.2) is 66.7 Å². The van der Waals surface area contributed by atoms with Gasteiger partial charge in [0.15, 0.2) is 0 Å². The van der Waals surface area contributed by atoms with E-state index in [1.165, 1.54) is 32.9 Å². The Labute approximate surface area is 123 Å². The number of hydrogen-bond acceptors (Lipinski definition) is 0. The molecule has 1 radical (unpaired) electrons. The van der Waals surface area contributed by atoms with E-state index in [0.29, 0.717) is 0 Å². The van der Waals surface area contributed by atoms with Crippen molar-refractivity contribution in [2.45, 2.75) is 0 Å². The van der Waals surface area contributed by atoms with Gasteiger partial charge < -0.3 is 4.98 Å². The zero-order chi connectivity index (χ0) is 14.2. The van der Waals surface area contributed by atoms with Crippen molar-refractivity contribution in [3.05, 3.63) is 78.9 Å². The zero-order valence-electron chi connectivity index (χ0n) is 11.5. The van der Waals surface area contributed by atoms with E-state index in [2.05, 4.69) is 59.6 Å². The Bertz CT molecular complexity index is 943. The maximum absolute atomic E-state index is 5.55. The Morgan fingerprint density at radius 1 is 0.762 bits per heavy atom. The maximum atomic E-state index is 5.55. The number of hydrogen-bond donors (Lipinski definition) is 1. The van der Waals surface area contributed by atoms with Crippen molar-refractivity contribution >= 4 is 27.9 Å². The third-order valence-corrected chi connectivity index (χ3v) is 3.96. The third-order valence-electron chi connectivity index (χ3n) is 3.96. The molecule has 0 saturated heterocycles. The summed E-state index contributed by atoms with van der Waals surface area (Å²) < 4.78 is 0. The van der Waals surface area contributed by atoms with Crippen LogP contribution >= 0.6 is 0 Å². The van der Waals surface area contributed by atoms with Crippen molar-refractivity contribution < 1.29 is 0 Å². The lowest BCUT2D eigenvalue weighted by Gasteiger charge is -2.04. The molecule has 4 aromatic rings. The Morgan fingerprint density at radius 3 is 2.33 bits per heavy atom. The van der Waals surface area contributed by atoms with Crippen LogP contribution in [-0.2, 0) is 0 Å². The zero-order valence-corrected chi connectivity index (χ0v) is 11.5. The number of aromatic nitrogens is 1. The van der Waals surface area contributed by atoms with E-state index in [9.17, 15) is 0 Å². The molecule has 0 spiro atoms. The minimum Gasteiger partial charge on any atom is -0.354 e. The normalized spacial score (nSPS) is 11.0. The maximum Gasteiger partial charge on any atom is 0.0544 e. The second-order valence-corrected chi connectivity index (χ2v) is 5.19. The van der Waals surface area contributed by atoms with Crippen molar-refractivity contribution in [2.75, 3.05) is 0 Å². The van der Waals surface area contributed by atoms with E-state index < -0.39 is 0 Å². The first-order valence-electron chi connectivity index (χ1n) is 7.01. The summed E-state index contributed by atoms with van der Waals surface area (Å²) in [5, 5.41) is 2.53. The number of para-hydroxylation sites is 2. The van der Waals surface area contributed by atoms with Gasteiger partial charge in [-0.25, -0.2) is 0 Å². The quantitative estimate of drug-likeness (QED) is 0.498. The topological polar surface area (TPSA) is 15.8 Å². The molecule has 1 aromatic heterocycles. The van der Waals surface area contributed by atoms with Crippen molar-refractivity contribution in [2.24, 2.45) is 0 Å². The molecule has 0 aliphatic heterocycles. The summed E-state index contributed by atoms with van der Waals surface area (Å²) in [6.45, 7) is 5.55. The van der Waals surface area contributed by atoms with E-state index in [1.807, 2.05) is 12.1 Å². The lowest BCUT2D eigenvalue weighted by atomic mass is 10.0.